The molecule has 4 heteroatoms. The number of rotatable bonds is 0. The molecule has 0 spiro atoms. The Morgan fingerprint density at radius 1 is 1.08 bits per heavy atom. The van der Waals surface area contributed by atoms with E-state index in [-0.39, 0.29) is 27.9 Å². The zero-order valence-corrected chi connectivity index (χ0v) is 16.5. The van der Waals surface area contributed by atoms with Crippen LogP contribution in [0.1, 0.15) is 64.5 Å². The van der Waals surface area contributed by atoms with E-state index in [9.17, 15) is 10.2 Å². The number of fused-ring (bicyclic) bond motifs is 5. The van der Waals surface area contributed by atoms with Gasteiger partial charge in [-0.1, -0.05) is 13.8 Å². The van der Waals surface area contributed by atoms with Crippen molar-refractivity contribution in [2.75, 3.05) is 6.54 Å². The van der Waals surface area contributed by atoms with Crippen molar-refractivity contribution < 1.29 is 10.2 Å². The molecule has 0 unspecified atom stereocenters. The molecular weight excluding hydrogens is 334 g/mol. The molecule has 0 bridgehead atoms. The van der Waals surface area contributed by atoms with Crippen LogP contribution in [0.3, 0.4) is 0 Å². The Morgan fingerprint density at radius 3 is 2.52 bits per heavy atom. The average Bonchev–Trinajstić information content (AvgIpc) is 2.76. The summed E-state index contributed by atoms with van der Waals surface area (Å²) in [6, 6.07) is 3.38. The van der Waals surface area contributed by atoms with Gasteiger partial charge in [0.25, 0.3) is 0 Å². The monoisotopic (exact) mass is 363 g/mol. The molecule has 1 aromatic rings. The summed E-state index contributed by atoms with van der Waals surface area (Å²) in [6.45, 7) is 10.3. The number of halogens is 1. The first-order valence-corrected chi connectivity index (χ1v) is 9.93. The molecule has 0 aromatic heterocycles. The van der Waals surface area contributed by atoms with Crippen LogP contribution >= 0.6 is 11.8 Å². The zero-order chi connectivity index (χ0) is 18.2. The maximum absolute atomic E-state index is 10.6. The Balaban J connectivity index is 1.84. The lowest BCUT2D eigenvalue weighted by molar-refractivity contribution is -0.0555. The highest BCUT2D eigenvalue weighted by molar-refractivity contribution is 6.13. The fourth-order valence-electron chi connectivity index (χ4n) is 6.95. The number of hydrogen-bond acceptors (Lipinski definition) is 3. The molecule has 2 N–H and O–H groups in total. The van der Waals surface area contributed by atoms with Gasteiger partial charge in [0.15, 0.2) is 0 Å². The number of hydrogen-bond donors (Lipinski definition) is 2. The Labute approximate surface area is 156 Å². The molecule has 2 fully saturated rings. The molecule has 1 aliphatic heterocycles. The SMILES string of the molecule is CC1(C)[C@@H]2CC[C@@]3(C)c4c(O)cc(O)cc4C[C@@H]3[C@@]2(C)CCCN1Cl. The van der Waals surface area contributed by atoms with E-state index in [2.05, 4.69) is 27.7 Å². The van der Waals surface area contributed by atoms with E-state index in [0.29, 0.717) is 11.8 Å². The topological polar surface area (TPSA) is 43.7 Å². The number of aromatic hydroxyl groups is 2. The lowest BCUT2D eigenvalue weighted by Gasteiger charge is -2.58. The Hall–Kier alpha value is -0.930. The molecule has 1 aromatic carbocycles. The first kappa shape index (κ1) is 17.5. The predicted octanol–water partition coefficient (Wildman–Crippen LogP) is 4.97. The van der Waals surface area contributed by atoms with Gasteiger partial charge in [-0.3, -0.25) is 0 Å². The molecule has 1 saturated heterocycles. The van der Waals surface area contributed by atoms with Crippen LogP contribution in [0, 0.1) is 17.3 Å². The van der Waals surface area contributed by atoms with Gasteiger partial charge in [-0.15, -0.1) is 0 Å². The van der Waals surface area contributed by atoms with Crippen molar-refractivity contribution in [3.63, 3.8) is 0 Å². The normalized spacial score (nSPS) is 40.0. The average molecular weight is 364 g/mol. The highest BCUT2D eigenvalue weighted by atomic mass is 35.5. The Morgan fingerprint density at radius 2 is 1.80 bits per heavy atom. The largest absolute Gasteiger partial charge is 0.508 e. The molecule has 2 aliphatic carbocycles. The van der Waals surface area contributed by atoms with Crippen molar-refractivity contribution in [3.05, 3.63) is 23.3 Å². The van der Waals surface area contributed by atoms with Gasteiger partial charge < -0.3 is 10.2 Å². The first-order chi connectivity index (χ1) is 11.6. The summed E-state index contributed by atoms with van der Waals surface area (Å²) < 4.78 is 2.04. The van der Waals surface area contributed by atoms with Crippen LogP contribution in [-0.4, -0.2) is 26.7 Å². The van der Waals surface area contributed by atoms with Crippen LogP contribution in [0.5, 0.6) is 11.5 Å². The maximum atomic E-state index is 10.6. The number of phenolic OH excluding ortho intramolecular Hbond substituents is 2. The van der Waals surface area contributed by atoms with E-state index in [1.165, 1.54) is 12.5 Å². The number of benzene rings is 1. The Kier molecular flexibility index (Phi) is 3.70. The van der Waals surface area contributed by atoms with Crippen LogP contribution in [0.4, 0.5) is 0 Å². The summed E-state index contributed by atoms with van der Waals surface area (Å²) in [6.07, 6.45) is 5.42. The third-order valence-electron chi connectivity index (χ3n) is 8.04. The van der Waals surface area contributed by atoms with Crippen LogP contribution in [0.2, 0.25) is 0 Å². The molecule has 25 heavy (non-hydrogen) atoms. The van der Waals surface area contributed by atoms with Gasteiger partial charge in [0.1, 0.15) is 11.5 Å². The predicted molar refractivity (Wildman–Crippen MR) is 101 cm³/mol. The highest BCUT2D eigenvalue weighted by Crippen LogP contribution is 2.66. The zero-order valence-electron chi connectivity index (χ0n) is 15.8. The second kappa shape index (κ2) is 5.29. The van der Waals surface area contributed by atoms with E-state index in [1.807, 2.05) is 10.5 Å². The molecule has 138 valence electrons. The van der Waals surface area contributed by atoms with E-state index >= 15 is 0 Å². The second-order valence-electron chi connectivity index (χ2n) is 9.61. The number of phenols is 2. The fourth-order valence-corrected chi connectivity index (χ4v) is 7.19. The van der Waals surface area contributed by atoms with Crippen molar-refractivity contribution in [1.29, 1.82) is 0 Å². The fraction of sp³-hybridized carbons (Fsp3) is 0.714. The lowest BCUT2D eigenvalue weighted by atomic mass is 9.48. The molecule has 4 atom stereocenters. The van der Waals surface area contributed by atoms with Crippen molar-refractivity contribution in [1.82, 2.24) is 4.42 Å². The van der Waals surface area contributed by atoms with E-state index in [0.717, 1.165) is 43.4 Å². The Bertz CT molecular complexity index is 718. The van der Waals surface area contributed by atoms with E-state index in [1.54, 1.807) is 0 Å². The van der Waals surface area contributed by atoms with Gasteiger partial charge in [-0.2, -0.15) is 0 Å². The van der Waals surface area contributed by atoms with Crippen molar-refractivity contribution in [3.8, 4) is 11.5 Å². The van der Waals surface area contributed by atoms with Crippen LogP contribution in [0.15, 0.2) is 12.1 Å². The minimum atomic E-state index is -0.0346. The van der Waals surface area contributed by atoms with E-state index in [4.69, 9.17) is 11.8 Å². The minimum Gasteiger partial charge on any atom is -0.508 e. The summed E-state index contributed by atoms with van der Waals surface area (Å²) in [5.74, 6) is 1.45. The van der Waals surface area contributed by atoms with E-state index < -0.39 is 0 Å². The molecular formula is C21H30ClNO2. The molecule has 3 aliphatic rings. The van der Waals surface area contributed by atoms with Crippen molar-refractivity contribution in [2.24, 2.45) is 17.3 Å². The summed E-state index contributed by atoms with van der Waals surface area (Å²) in [5, 5.41) is 20.6. The molecule has 4 rings (SSSR count). The van der Waals surface area contributed by atoms with Crippen molar-refractivity contribution >= 4 is 11.8 Å². The smallest absolute Gasteiger partial charge is 0.123 e. The number of nitrogens with zero attached hydrogens (tertiary/aromatic N) is 1. The summed E-state index contributed by atoms with van der Waals surface area (Å²) >= 11 is 6.67. The summed E-state index contributed by atoms with van der Waals surface area (Å²) in [7, 11) is 0. The lowest BCUT2D eigenvalue weighted by Crippen LogP contribution is -2.57. The van der Waals surface area contributed by atoms with Crippen molar-refractivity contribution in [2.45, 2.75) is 70.8 Å². The van der Waals surface area contributed by atoms with Crippen LogP contribution < -0.4 is 0 Å². The molecule has 1 heterocycles. The summed E-state index contributed by atoms with van der Waals surface area (Å²) in [4.78, 5) is 0. The standard InChI is InChI=1S/C21H30ClNO2/c1-19(2)16-6-8-21(4)17(20(16,3)7-5-9-23(19)22)11-13-10-14(24)12-15(25)18(13)21/h10,12,16-17,24-25H,5-9,11H2,1-4H3/t16-,17+,20-,21+/m0/s1. The highest BCUT2D eigenvalue weighted by Gasteiger charge is 2.61. The molecule has 0 radical (unpaired) electrons. The quantitative estimate of drug-likeness (QED) is 0.639. The molecule has 0 amide bonds. The summed E-state index contributed by atoms with van der Waals surface area (Å²) in [5.41, 5.74) is 2.35. The van der Waals surface area contributed by atoms with Gasteiger partial charge >= 0.3 is 0 Å². The third-order valence-corrected chi connectivity index (χ3v) is 8.65. The van der Waals surface area contributed by atoms with Gasteiger partial charge in [0.05, 0.1) is 0 Å². The minimum absolute atomic E-state index is 0.0179. The van der Waals surface area contributed by atoms with Gasteiger partial charge in [0.2, 0.25) is 0 Å². The third kappa shape index (κ3) is 2.21. The van der Waals surface area contributed by atoms with Crippen LogP contribution in [-0.2, 0) is 11.8 Å². The van der Waals surface area contributed by atoms with Gasteiger partial charge in [0, 0.05) is 29.1 Å². The second-order valence-corrected chi connectivity index (χ2v) is 10.0. The van der Waals surface area contributed by atoms with Gasteiger partial charge in [-0.25, -0.2) is 4.42 Å². The van der Waals surface area contributed by atoms with Crippen LogP contribution in [0.25, 0.3) is 0 Å². The molecule has 1 saturated carbocycles. The first-order valence-electron chi connectivity index (χ1n) is 9.59. The maximum Gasteiger partial charge on any atom is 0.123 e. The van der Waals surface area contributed by atoms with Gasteiger partial charge in [-0.05, 0) is 86.6 Å². The molecule has 3 nitrogen and oxygen atoms in total.